The van der Waals surface area contributed by atoms with E-state index in [1.807, 2.05) is 0 Å². The monoisotopic (exact) mass is 285 g/mol. The van der Waals surface area contributed by atoms with Crippen molar-refractivity contribution in [3.8, 4) is 0 Å². The number of nitrogens with zero attached hydrogens (tertiary/aromatic N) is 1. The number of carbonyl (C=O) groups excluding carboxylic acids is 1. The molecule has 0 fully saturated rings. The number of aromatic nitrogens is 1. The number of rotatable bonds is 2. The van der Waals surface area contributed by atoms with Crippen LogP contribution in [-0.2, 0) is 6.18 Å². The summed E-state index contributed by atoms with van der Waals surface area (Å²) in [5.74, 6) is 0.738. The van der Waals surface area contributed by atoms with Gasteiger partial charge >= 0.3 is 12.2 Å². The van der Waals surface area contributed by atoms with Crippen LogP contribution in [-0.4, -0.2) is 11.2 Å². The van der Waals surface area contributed by atoms with Gasteiger partial charge < -0.3 is 9.84 Å². The van der Waals surface area contributed by atoms with Crippen LogP contribution in [0, 0.1) is 6.92 Å². The van der Waals surface area contributed by atoms with Crippen molar-refractivity contribution >= 4 is 17.5 Å². The highest BCUT2D eigenvalue weighted by atomic mass is 19.4. The molecule has 2 rings (SSSR count). The number of urea groups is 1. The molecule has 0 radical (unpaired) electrons. The third kappa shape index (κ3) is 3.50. The number of amides is 2. The van der Waals surface area contributed by atoms with Gasteiger partial charge in [0.25, 0.3) is 0 Å². The van der Waals surface area contributed by atoms with Crippen molar-refractivity contribution in [3.05, 3.63) is 41.7 Å². The molecule has 0 atom stereocenters. The third-order valence-corrected chi connectivity index (χ3v) is 2.34. The Labute approximate surface area is 111 Å². The van der Waals surface area contributed by atoms with Crippen LogP contribution >= 0.6 is 0 Å². The van der Waals surface area contributed by atoms with Gasteiger partial charge in [-0.15, -0.1) is 0 Å². The van der Waals surface area contributed by atoms with Gasteiger partial charge in [0.15, 0.2) is 5.82 Å². The van der Waals surface area contributed by atoms with E-state index in [1.54, 1.807) is 6.92 Å². The molecule has 0 bridgehead atoms. The highest BCUT2D eigenvalue weighted by Gasteiger charge is 2.29. The molecule has 0 saturated heterocycles. The topological polar surface area (TPSA) is 67.2 Å². The maximum Gasteiger partial charge on any atom is 0.416 e. The van der Waals surface area contributed by atoms with Crippen LogP contribution in [0.5, 0.6) is 0 Å². The van der Waals surface area contributed by atoms with Crippen LogP contribution in [0.1, 0.15) is 11.3 Å². The lowest BCUT2D eigenvalue weighted by Gasteiger charge is -2.08. The number of hydrogen-bond acceptors (Lipinski definition) is 3. The van der Waals surface area contributed by atoms with E-state index in [1.165, 1.54) is 6.07 Å². The molecule has 2 amide bonds. The molecule has 8 heteroatoms. The predicted molar refractivity (Wildman–Crippen MR) is 65.3 cm³/mol. The summed E-state index contributed by atoms with van der Waals surface area (Å²) in [4.78, 5) is 11.5. The van der Waals surface area contributed by atoms with Crippen molar-refractivity contribution in [1.82, 2.24) is 5.16 Å². The van der Waals surface area contributed by atoms with E-state index < -0.39 is 17.8 Å². The molecule has 2 aromatic rings. The Balaban J connectivity index is 1.98. The van der Waals surface area contributed by atoms with Crippen LogP contribution in [0.15, 0.2) is 34.9 Å². The van der Waals surface area contributed by atoms with Gasteiger partial charge in [0.1, 0.15) is 5.76 Å². The normalized spacial score (nSPS) is 11.2. The minimum absolute atomic E-state index is 0.215. The van der Waals surface area contributed by atoms with Gasteiger partial charge in [-0.3, -0.25) is 5.32 Å². The molecule has 0 unspecified atom stereocenters. The average Bonchev–Trinajstić information content (AvgIpc) is 2.74. The maximum atomic E-state index is 12.4. The second-order valence-electron chi connectivity index (χ2n) is 3.98. The molecule has 0 spiro atoms. The van der Waals surface area contributed by atoms with E-state index in [0.717, 1.165) is 24.3 Å². The second kappa shape index (κ2) is 5.24. The van der Waals surface area contributed by atoms with Crippen molar-refractivity contribution < 1.29 is 22.5 Å². The standard InChI is InChI=1S/C12H10F3N3O2/c1-7-6-10(18-20-7)17-11(19)16-9-4-2-8(3-5-9)12(13,14)15/h2-6H,1H3,(H2,16,17,18,19). The number of benzene rings is 1. The van der Waals surface area contributed by atoms with Crippen LogP contribution in [0.25, 0.3) is 0 Å². The van der Waals surface area contributed by atoms with E-state index >= 15 is 0 Å². The fourth-order valence-corrected chi connectivity index (χ4v) is 1.45. The largest absolute Gasteiger partial charge is 0.416 e. The zero-order valence-electron chi connectivity index (χ0n) is 10.3. The first-order valence-electron chi connectivity index (χ1n) is 5.53. The molecule has 1 aromatic heterocycles. The molecule has 0 aliphatic rings. The molecule has 2 N–H and O–H groups in total. The Bertz CT molecular complexity index is 605. The van der Waals surface area contributed by atoms with Crippen molar-refractivity contribution in [2.75, 3.05) is 10.6 Å². The fraction of sp³-hybridized carbons (Fsp3) is 0.167. The lowest BCUT2D eigenvalue weighted by Crippen LogP contribution is -2.19. The van der Waals surface area contributed by atoms with Crippen LogP contribution < -0.4 is 10.6 Å². The Morgan fingerprint density at radius 3 is 2.35 bits per heavy atom. The summed E-state index contributed by atoms with van der Waals surface area (Å²) in [7, 11) is 0. The summed E-state index contributed by atoms with van der Waals surface area (Å²) >= 11 is 0. The van der Waals surface area contributed by atoms with E-state index in [4.69, 9.17) is 4.52 Å². The van der Waals surface area contributed by atoms with E-state index in [-0.39, 0.29) is 11.5 Å². The van der Waals surface area contributed by atoms with Crippen molar-refractivity contribution in [2.45, 2.75) is 13.1 Å². The first-order chi connectivity index (χ1) is 9.34. The van der Waals surface area contributed by atoms with Crippen molar-refractivity contribution in [3.63, 3.8) is 0 Å². The van der Waals surface area contributed by atoms with Crippen molar-refractivity contribution in [2.24, 2.45) is 0 Å². The molecule has 0 saturated carbocycles. The highest BCUT2D eigenvalue weighted by molar-refractivity contribution is 5.99. The second-order valence-corrected chi connectivity index (χ2v) is 3.98. The summed E-state index contributed by atoms with van der Waals surface area (Å²) in [6.45, 7) is 1.66. The molecule has 1 heterocycles. The van der Waals surface area contributed by atoms with Crippen LogP contribution in [0.4, 0.5) is 29.5 Å². The fourth-order valence-electron chi connectivity index (χ4n) is 1.45. The average molecular weight is 285 g/mol. The smallest absolute Gasteiger partial charge is 0.360 e. The van der Waals surface area contributed by atoms with E-state index in [0.29, 0.717) is 5.76 Å². The summed E-state index contributed by atoms with van der Waals surface area (Å²) < 4.78 is 41.8. The molecular weight excluding hydrogens is 275 g/mol. The van der Waals surface area contributed by atoms with Gasteiger partial charge in [-0.05, 0) is 31.2 Å². The first kappa shape index (κ1) is 13.9. The van der Waals surface area contributed by atoms with E-state index in [2.05, 4.69) is 15.8 Å². The third-order valence-electron chi connectivity index (χ3n) is 2.34. The minimum atomic E-state index is -4.40. The molecular formula is C12H10F3N3O2. The van der Waals surface area contributed by atoms with Gasteiger partial charge in [0.2, 0.25) is 0 Å². The number of anilines is 2. The van der Waals surface area contributed by atoms with E-state index in [9.17, 15) is 18.0 Å². The number of carbonyl (C=O) groups is 1. The Hall–Kier alpha value is -2.51. The summed E-state index contributed by atoms with van der Waals surface area (Å²) in [6.07, 6.45) is -4.40. The molecule has 1 aromatic carbocycles. The maximum absolute atomic E-state index is 12.4. The molecule has 0 aliphatic carbocycles. The lowest BCUT2D eigenvalue weighted by atomic mass is 10.2. The SMILES string of the molecule is Cc1cc(NC(=O)Nc2ccc(C(F)(F)F)cc2)no1. The predicted octanol–water partition coefficient (Wildman–Crippen LogP) is 3.65. The van der Waals surface area contributed by atoms with Crippen LogP contribution in [0.3, 0.4) is 0 Å². The summed E-state index contributed by atoms with van der Waals surface area (Å²) in [5, 5.41) is 8.31. The zero-order chi connectivity index (χ0) is 14.8. The number of aryl methyl sites for hydroxylation is 1. The molecule has 106 valence electrons. The zero-order valence-corrected chi connectivity index (χ0v) is 10.3. The number of hydrogen-bond donors (Lipinski definition) is 2. The Morgan fingerprint density at radius 1 is 1.20 bits per heavy atom. The van der Waals surface area contributed by atoms with Gasteiger partial charge in [0.05, 0.1) is 5.56 Å². The van der Waals surface area contributed by atoms with Crippen molar-refractivity contribution in [1.29, 1.82) is 0 Å². The summed E-state index contributed by atoms with van der Waals surface area (Å²) in [6, 6.07) is 4.98. The molecule has 20 heavy (non-hydrogen) atoms. The van der Waals surface area contributed by atoms with Gasteiger partial charge in [-0.1, -0.05) is 5.16 Å². The summed E-state index contributed by atoms with van der Waals surface area (Å²) in [5.41, 5.74) is -0.550. The van der Waals surface area contributed by atoms with Gasteiger partial charge in [0, 0.05) is 11.8 Å². The lowest BCUT2D eigenvalue weighted by molar-refractivity contribution is -0.137. The first-order valence-corrected chi connectivity index (χ1v) is 5.53. The minimum Gasteiger partial charge on any atom is -0.360 e. The Morgan fingerprint density at radius 2 is 1.85 bits per heavy atom. The number of halogens is 3. The van der Waals surface area contributed by atoms with Gasteiger partial charge in [-0.2, -0.15) is 13.2 Å². The van der Waals surface area contributed by atoms with Crippen LogP contribution in [0.2, 0.25) is 0 Å². The highest BCUT2D eigenvalue weighted by Crippen LogP contribution is 2.29. The quantitative estimate of drug-likeness (QED) is 0.885. The molecule has 0 aliphatic heterocycles. The molecule has 5 nitrogen and oxygen atoms in total. The Kier molecular flexibility index (Phi) is 3.64. The number of alkyl halides is 3. The number of nitrogens with one attached hydrogen (secondary N) is 2. The van der Waals surface area contributed by atoms with Gasteiger partial charge in [-0.25, -0.2) is 4.79 Å².